The van der Waals surface area contributed by atoms with E-state index in [4.69, 9.17) is 9.47 Å². The van der Waals surface area contributed by atoms with E-state index in [9.17, 15) is 19.8 Å². The van der Waals surface area contributed by atoms with Gasteiger partial charge in [0, 0.05) is 0 Å². The highest BCUT2D eigenvalue weighted by Gasteiger charge is 2.10. The summed E-state index contributed by atoms with van der Waals surface area (Å²) < 4.78 is 10.8. The second kappa shape index (κ2) is 19.9. The number of aryl methyl sites for hydroxylation is 2. The van der Waals surface area contributed by atoms with Gasteiger partial charge in [0.1, 0.15) is 11.5 Å². The van der Waals surface area contributed by atoms with Gasteiger partial charge in [-0.1, -0.05) is 89.5 Å². The van der Waals surface area contributed by atoms with Crippen LogP contribution < -0.4 is 0 Å². The largest absolute Gasteiger partial charge is 0.508 e. The molecular formula is C34H50O6. The molecule has 2 N–H and O–H groups in total. The van der Waals surface area contributed by atoms with Crippen molar-refractivity contribution in [3.8, 4) is 11.5 Å². The molecule has 0 spiro atoms. The zero-order valence-electron chi connectivity index (χ0n) is 24.7. The molecule has 2 aromatic rings. The molecule has 0 aromatic heterocycles. The fourth-order valence-electron chi connectivity index (χ4n) is 4.75. The van der Waals surface area contributed by atoms with Crippen LogP contribution in [0.3, 0.4) is 0 Å². The molecule has 0 aliphatic heterocycles. The molecule has 0 saturated carbocycles. The van der Waals surface area contributed by atoms with Crippen LogP contribution in [0.25, 0.3) is 0 Å². The fraction of sp³-hybridized carbons (Fsp3) is 0.588. The van der Waals surface area contributed by atoms with Gasteiger partial charge >= 0.3 is 11.9 Å². The molecule has 0 atom stereocenters. The number of carbonyl (C=O) groups is 2. The Kier molecular flexibility index (Phi) is 16.5. The lowest BCUT2D eigenvalue weighted by molar-refractivity contribution is -0.144. The van der Waals surface area contributed by atoms with Crippen LogP contribution in [0.15, 0.2) is 36.4 Å². The molecule has 0 unspecified atom stereocenters. The van der Waals surface area contributed by atoms with E-state index in [0.717, 1.165) is 112 Å². The lowest BCUT2D eigenvalue weighted by Crippen LogP contribution is -2.09. The third-order valence-corrected chi connectivity index (χ3v) is 7.15. The Bertz CT molecular complexity index is 934. The lowest BCUT2D eigenvalue weighted by Gasteiger charge is -2.09. The van der Waals surface area contributed by atoms with Gasteiger partial charge in [-0.3, -0.25) is 9.59 Å². The van der Waals surface area contributed by atoms with Gasteiger partial charge in [0.2, 0.25) is 0 Å². The van der Waals surface area contributed by atoms with Crippen molar-refractivity contribution < 1.29 is 29.3 Å². The summed E-state index contributed by atoms with van der Waals surface area (Å²) >= 11 is 0. The highest BCUT2D eigenvalue weighted by molar-refractivity contribution is 5.73. The Morgan fingerprint density at radius 3 is 1.38 bits per heavy atom. The SMILES string of the molecule is CCCCCc1cc(CC(=O)OCCCCCCCCOC(=O)Cc2ccc(O)c(CCCCC)c2)ccc1O. The predicted molar refractivity (Wildman–Crippen MR) is 160 cm³/mol. The summed E-state index contributed by atoms with van der Waals surface area (Å²) in [5.41, 5.74) is 3.56. The van der Waals surface area contributed by atoms with Crippen molar-refractivity contribution in [3.63, 3.8) is 0 Å². The quantitative estimate of drug-likeness (QED) is 0.121. The van der Waals surface area contributed by atoms with Crippen molar-refractivity contribution in [2.24, 2.45) is 0 Å². The van der Waals surface area contributed by atoms with Crippen LogP contribution in [0.4, 0.5) is 0 Å². The molecule has 0 bridgehead atoms. The number of hydrogen-bond acceptors (Lipinski definition) is 6. The number of aromatic hydroxyl groups is 2. The highest BCUT2D eigenvalue weighted by Crippen LogP contribution is 2.23. The number of carbonyl (C=O) groups excluding carboxylic acids is 2. The van der Waals surface area contributed by atoms with Crippen molar-refractivity contribution in [1.29, 1.82) is 0 Å². The second-order valence-corrected chi connectivity index (χ2v) is 10.8. The number of unbranched alkanes of at least 4 members (excludes halogenated alkanes) is 9. The lowest BCUT2D eigenvalue weighted by atomic mass is 10.0. The first-order valence-corrected chi connectivity index (χ1v) is 15.4. The number of benzene rings is 2. The maximum atomic E-state index is 12.2. The van der Waals surface area contributed by atoms with Gasteiger partial charge in [0.05, 0.1) is 26.1 Å². The molecule has 0 fully saturated rings. The zero-order chi connectivity index (χ0) is 29.0. The van der Waals surface area contributed by atoms with Gasteiger partial charge in [0.25, 0.3) is 0 Å². The van der Waals surface area contributed by atoms with E-state index in [-0.39, 0.29) is 24.8 Å². The summed E-state index contributed by atoms with van der Waals surface area (Å²) in [7, 11) is 0. The summed E-state index contributed by atoms with van der Waals surface area (Å²) in [6.07, 6.45) is 14.5. The minimum Gasteiger partial charge on any atom is -0.508 e. The van der Waals surface area contributed by atoms with Crippen molar-refractivity contribution in [1.82, 2.24) is 0 Å². The molecule has 222 valence electrons. The molecule has 0 saturated heterocycles. The Balaban J connectivity index is 1.50. The third kappa shape index (κ3) is 13.9. The normalized spacial score (nSPS) is 10.9. The monoisotopic (exact) mass is 554 g/mol. The molecule has 0 amide bonds. The van der Waals surface area contributed by atoms with E-state index >= 15 is 0 Å². The summed E-state index contributed by atoms with van der Waals surface area (Å²) in [4.78, 5) is 24.4. The average Bonchev–Trinajstić information content (AvgIpc) is 2.93. The first-order chi connectivity index (χ1) is 19.4. The molecule has 2 aromatic carbocycles. The standard InChI is InChI=1S/C34H50O6/c1-3-5-11-15-29-23-27(17-19-31(29)35)25-33(37)39-21-13-9-7-8-10-14-22-40-34(38)26-28-18-20-32(36)30(24-28)16-12-6-4-2/h17-20,23-24,35-36H,3-16,21-22,25-26H2,1-2H3. The summed E-state index contributed by atoms with van der Waals surface area (Å²) in [5, 5.41) is 20.1. The van der Waals surface area contributed by atoms with Crippen LogP contribution in [-0.4, -0.2) is 35.4 Å². The van der Waals surface area contributed by atoms with Crippen LogP contribution in [0.2, 0.25) is 0 Å². The average molecular weight is 555 g/mol. The Morgan fingerprint density at radius 2 is 0.975 bits per heavy atom. The number of rotatable bonds is 21. The Labute approximate surface area is 241 Å². The summed E-state index contributed by atoms with van der Waals surface area (Å²) in [5.74, 6) is 0.137. The van der Waals surface area contributed by atoms with Crippen molar-refractivity contribution in [2.45, 2.75) is 117 Å². The number of phenols is 2. The molecule has 0 radical (unpaired) electrons. The molecule has 0 aliphatic rings. The van der Waals surface area contributed by atoms with Crippen molar-refractivity contribution >= 4 is 11.9 Å². The van der Waals surface area contributed by atoms with Gasteiger partial charge in [-0.05, 0) is 72.9 Å². The van der Waals surface area contributed by atoms with Crippen LogP contribution in [0.5, 0.6) is 11.5 Å². The molecule has 0 heterocycles. The van der Waals surface area contributed by atoms with E-state index in [2.05, 4.69) is 13.8 Å². The molecule has 40 heavy (non-hydrogen) atoms. The summed E-state index contributed by atoms with van der Waals surface area (Å²) in [6.45, 7) is 5.15. The number of hydrogen-bond donors (Lipinski definition) is 2. The van der Waals surface area contributed by atoms with Crippen LogP contribution in [0.1, 0.15) is 113 Å². The molecule has 6 nitrogen and oxygen atoms in total. The second-order valence-electron chi connectivity index (χ2n) is 10.8. The topological polar surface area (TPSA) is 93.1 Å². The third-order valence-electron chi connectivity index (χ3n) is 7.15. The van der Waals surface area contributed by atoms with E-state index in [0.29, 0.717) is 24.7 Å². The Hall–Kier alpha value is -3.02. The number of esters is 2. The molecule has 0 aliphatic carbocycles. The smallest absolute Gasteiger partial charge is 0.310 e. The minimum absolute atomic E-state index is 0.229. The van der Waals surface area contributed by atoms with Crippen LogP contribution in [0, 0.1) is 0 Å². The first-order valence-electron chi connectivity index (χ1n) is 15.4. The summed E-state index contributed by atoms with van der Waals surface area (Å²) in [6, 6.07) is 10.8. The molecule has 6 heteroatoms. The molecule has 2 rings (SSSR count). The minimum atomic E-state index is -0.230. The van der Waals surface area contributed by atoms with Crippen molar-refractivity contribution in [3.05, 3.63) is 58.7 Å². The van der Waals surface area contributed by atoms with E-state index in [1.807, 2.05) is 12.1 Å². The molecular weight excluding hydrogens is 504 g/mol. The first kappa shape index (κ1) is 33.2. The number of ether oxygens (including phenoxy) is 2. The van der Waals surface area contributed by atoms with Gasteiger partial charge in [-0.25, -0.2) is 0 Å². The number of phenolic OH excluding ortho intramolecular Hbond substituents is 2. The Morgan fingerprint density at radius 1 is 0.575 bits per heavy atom. The van der Waals surface area contributed by atoms with E-state index in [1.165, 1.54) is 0 Å². The maximum Gasteiger partial charge on any atom is 0.310 e. The fourth-order valence-corrected chi connectivity index (χ4v) is 4.75. The van der Waals surface area contributed by atoms with Crippen LogP contribution in [-0.2, 0) is 44.7 Å². The maximum absolute atomic E-state index is 12.2. The van der Waals surface area contributed by atoms with Gasteiger partial charge < -0.3 is 19.7 Å². The van der Waals surface area contributed by atoms with Crippen LogP contribution >= 0.6 is 0 Å². The van der Waals surface area contributed by atoms with E-state index < -0.39 is 0 Å². The van der Waals surface area contributed by atoms with Gasteiger partial charge in [0.15, 0.2) is 0 Å². The van der Waals surface area contributed by atoms with Gasteiger partial charge in [-0.2, -0.15) is 0 Å². The zero-order valence-corrected chi connectivity index (χ0v) is 24.7. The van der Waals surface area contributed by atoms with E-state index in [1.54, 1.807) is 24.3 Å². The highest BCUT2D eigenvalue weighted by atomic mass is 16.5. The predicted octanol–water partition coefficient (Wildman–Crippen LogP) is 7.78. The van der Waals surface area contributed by atoms with Crippen molar-refractivity contribution in [2.75, 3.05) is 13.2 Å². The van der Waals surface area contributed by atoms with Gasteiger partial charge in [-0.15, -0.1) is 0 Å².